The van der Waals surface area contributed by atoms with Gasteiger partial charge in [0, 0.05) is 46.4 Å². The van der Waals surface area contributed by atoms with Crippen molar-refractivity contribution >= 4 is 11.9 Å². The normalized spacial score (nSPS) is 20.0. The van der Waals surface area contributed by atoms with Gasteiger partial charge in [-0.25, -0.2) is 0 Å². The summed E-state index contributed by atoms with van der Waals surface area (Å²) in [6, 6.07) is -0.653. The first-order chi connectivity index (χ1) is 9.97. The minimum absolute atomic E-state index is 0.0193. The number of nitrogens with zero attached hydrogens (tertiary/aromatic N) is 2. The number of carbonyl (C=O) groups is 2. The number of hydrogen-bond donors (Lipinski definition) is 2. The van der Waals surface area contributed by atoms with E-state index in [1.807, 2.05) is 11.8 Å². The number of aliphatic carboxylic acids is 1. The molecule has 0 saturated carbocycles. The zero-order valence-electron chi connectivity index (χ0n) is 13.2. The molecule has 1 fully saturated rings. The summed E-state index contributed by atoms with van der Waals surface area (Å²) in [5.41, 5.74) is 0. The Balaban J connectivity index is 2.32. The van der Waals surface area contributed by atoms with E-state index in [2.05, 4.69) is 10.2 Å². The Hall–Kier alpha value is -1.18. The molecule has 1 saturated heterocycles. The maximum absolute atomic E-state index is 12.0. The van der Waals surface area contributed by atoms with Crippen molar-refractivity contribution in [1.82, 2.24) is 15.1 Å². The molecule has 1 heterocycles. The van der Waals surface area contributed by atoms with Crippen LogP contribution >= 0.6 is 0 Å². The van der Waals surface area contributed by atoms with E-state index >= 15 is 0 Å². The van der Waals surface area contributed by atoms with E-state index in [1.54, 1.807) is 14.0 Å². The number of rotatable bonds is 8. The lowest BCUT2D eigenvalue weighted by Gasteiger charge is -2.38. The van der Waals surface area contributed by atoms with Crippen molar-refractivity contribution in [2.75, 3.05) is 46.4 Å². The minimum Gasteiger partial charge on any atom is -0.480 e. The van der Waals surface area contributed by atoms with Crippen molar-refractivity contribution in [1.29, 1.82) is 0 Å². The van der Waals surface area contributed by atoms with E-state index in [4.69, 9.17) is 9.84 Å². The van der Waals surface area contributed by atoms with Gasteiger partial charge in [0.25, 0.3) is 0 Å². The van der Waals surface area contributed by atoms with Crippen LogP contribution in [0.15, 0.2) is 0 Å². The standard InChI is InChI=1S/C14H27N3O4/c1-11(13(18)15-5-4-10-21-3)16-6-8-17(9-7-16)12(2)14(19)20/h11-12H,4-10H2,1-3H3,(H,15,18)(H,19,20). The number of piperazine rings is 1. The van der Waals surface area contributed by atoms with Gasteiger partial charge in [0.15, 0.2) is 0 Å². The summed E-state index contributed by atoms with van der Waals surface area (Å²) in [5, 5.41) is 11.9. The van der Waals surface area contributed by atoms with Crippen molar-refractivity contribution in [2.45, 2.75) is 32.4 Å². The van der Waals surface area contributed by atoms with Gasteiger partial charge in [-0.1, -0.05) is 0 Å². The van der Waals surface area contributed by atoms with Crippen LogP contribution in [-0.4, -0.2) is 85.3 Å². The number of carboxylic acid groups (broad SMARTS) is 1. The lowest BCUT2D eigenvalue weighted by atomic mass is 10.2. The van der Waals surface area contributed by atoms with Gasteiger partial charge < -0.3 is 15.2 Å². The second-order valence-electron chi connectivity index (χ2n) is 5.40. The van der Waals surface area contributed by atoms with Crippen LogP contribution in [0, 0.1) is 0 Å². The van der Waals surface area contributed by atoms with Crippen LogP contribution in [0.5, 0.6) is 0 Å². The van der Waals surface area contributed by atoms with E-state index < -0.39 is 12.0 Å². The first kappa shape index (κ1) is 17.9. The molecule has 1 amide bonds. The molecule has 2 N–H and O–H groups in total. The van der Waals surface area contributed by atoms with Crippen LogP contribution in [0.2, 0.25) is 0 Å². The molecular weight excluding hydrogens is 274 g/mol. The lowest BCUT2D eigenvalue weighted by Crippen LogP contribution is -2.56. The van der Waals surface area contributed by atoms with Crippen LogP contribution in [0.25, 0.3) is 0 Å². The van der Waals surface area contributed by atoms with Crippen molar-refractivity contribution in [2.24, 2.45) is 0 Å². The Bertz CT molecular complexity index is 343. The van der Waals surface area contributed by atoms with Gasteiger partial charge in [-0.15, -0.1) is 0 Å². The average molecular weight is 301 g/mol. The zero-order chi connectivity index (χ0) is 15.8. The number of amides is 1. The first-order valence-electron chi connectivity index (χ1n) is 7.45. The van der Waals surface area contributed by atoms with Gasteiger partial charge in [-0.3, -0.25) is 19.4 Å². The van der Waals surface area contributed by atoms with Gasteiger partial charge in [0.1, 0.15) is 6.04 Å². The highest BCUT2D eigenvalue weighted by Crippen LogP contribution is 2.09. The molecule has 122 valence electrons. The molecule has 0 aromatic heterocycles. The van der Waals surface area contributed by atoms with Crippen LogP contribution in [-0.2, 0) is 14.3 Å². The Kier molecular flexibility index (Phi) is 7.63. The van der Waals surface area contributed by atoms with Crippen molar-refractivity contribution in [3.8, 4) is 0 Å². The van der Waals surface area contributed by atoms with Crippen LogP contribution in [0.1, 0.15) is 20.3 Å². The Morgan fingerprint density at radius 3 is 2.14 bits per heavy atom. The molecule has 21 heavy (non-hydrogen) atoms. The SMILES string of the molecule is COCCCNC(=O)C(C)N1CCN(C(C)C(=O)O)CC1. The Labute approximate surface area is 126 Å². The van der Waals surface area contributed by atoms with Crippen LogP contribution in [0.4, 0.5) is 0 Å². The molecule has 1 aliphatic rings. The largest absolute Gasteiger partial charge is 0.480 e. The van der Waals surface area contributed by atoms with Crippen LogP contribution in [0.3, 0.4) is 0 Å². The van der Waals surface area contributed by atoms with Gasteiger partial charge in [0.2, 0.25) is 5.91 Å². The fourth-order valence-corrected chi connectivity index (χ4v) is 2.41. The predicted octanol–water partition coefficient (Wildman–Crippen LogP) is -0.382. The Morgan fingerprint density at radius 2 is 1.67 bits per heavy atom. The first-order valence-corrected chi connectivity index (χ1v) is 7.45. The number of nitrogens with one attached hydrogen (secondary N) is 1. The maximum atomic E-state index is 12.0. The second-order valence-corrected chi connectivity index (χ2v) is 5.40. The molecule has 0 bridgehead atoms. The maximum Gasteiger partial charge on any atom is 0.320 e. The highest BCUT2D eigenvalue weighted by atomic mass is 16.5. The second kappa shape index (κ2) is 8.96. The zero-order valence-corrected chi connectivity index (χ0v) is 13.2. The number of carboxylic acids is 1. The number of methoxy groups -OCH3 is 1. The highest BCUT2D eigenvalue weighted by Gasteiger charge is 2.29. The van der Waals surface area contributed by atoms with E-state index in [1.165, 1.54) is 0 Å². The fourth-order valence-electron chi connectivity index (χ4n) is 2.41. The number of ether oxygens (including phenoxy) is 1. The van der Waals surface area contributed by atoms with Gasteiger partial charge >= 0.3 is 5.97 Å². The predicted molar refractivity (Wildman–Crippen MR) is 79.2 cm³/mol. The summed E-state index contributed by atoms with van der Waals surface area (Å²) in [4.78, 5) is 27.0. The smallest absolute Gasteiger partial charge is 0.320 e. The lowest BCUT2D eigenvalue weighted by molar-refractivity contribution is -0.144. The van der Waals surface area contributed by atoms with Crippen molar-refractivity contribution in [3.05, 3.63) is 0 Å². The van der Waals surface area contributed by atoms with Gasteiger partial charge in [-0.2, -0.15) is 0 Å². The third kappa shape index (κ3) is 5.61. The molecule has 7 heteroatoms. The topological polar surface area (TPSA) is 82.1 Å². The highest BCUT2D eigenvalue weighted by molar-refractivity contribution is 5.81. The van der Waals surface area contributed by atoms with Crippen molar-refractivity contribution < 1.29 is 19.4 Å². The summed E-state index contributed by atoms with van der Waals surface area (Å²) in [5.74, 6) is -0.779. The fraction of sp³-hybridized carbons (Fsp3) is 0.857. The third-order valence-electron chi connectivity index (χ3n) is 4.01. The summed E-state index contributed by atoms with van der Waals surface area (Å²) in [7, 11) is 1.64. The average Bonchev–Trinajstić information content (AvgIpc) is 2.50. The summed E-state index contributed by atoms with van der Waals surface area (Å²) < 4.78 is 4.94. The summed E-state index contributed by atoms with van der Waals surface area (Å²) >= 11 is 0. The van der Waals surface area contributed by atoms with E-state index in [0.29, 0.717) is 39.3 Å². The molecule has 2 unspecified atom stereocenters. The molecule has 0 radical (unpaired) electrons. The molecule has 7 nitrogen and oxygen atoms in total. The number of carbonyl (C=O) groups excluding carboxylic acids is 1. The third-order valence-corrected chi connectivity index (χ3v) is 4.01. The Morgan fingerprint density at radius 1 is 1.14 bits per heavy atom. The molecule has 1 aliphatic heterocycles. The molecule has 0 aromatic rings. The van der Waals surface area contributed by atoms with Gasteiger partial charge in [-0.05, 0) is 20.3 Å². The quantitative estimate of drug-likeness (QED) is 0.595. The van der Waals surface area contributed by atoms with E-state index in [9.17, 15) is 9.59 Å². The minimum atomic E-state index is -0.799. The molecule has 0 aliphatic carbocycles. The van der Waals surface area contributed by atoms with Gasteiger partial charge in [0.05, 0.1) is 6.04 Å². The van der Waals surface area contributed by atoms with Crippen LogP contribution < -0.4 is 5.32 Å². The van der Waals surface area contributed by atoms with Crippen molar-refractivity contribution in [3.63, 3.8) is 0 Å². The molecular formula is C14H27N3O4. The molecule has 0 spiro atoms. The molecule has 1 rings (SSSR count). The molecule has 2 atom stereocenters. The molecule has 0 aromatic carbocycles. The summed E-state index contributed by atoms with van der Waals surface area (Å²) in [6.07, 6.45) is 0.804. The summed E-state index contributed by atoms with van der Waals surface area (Å²) in [6.45, 7) is 7.62. The van der Waals surface area contributed by atoms with E-state index in [0.717, 1.165) is 6.42 Å². The number of hydrogen-bond acceptors (Lipinski definition) is 5. The van der Waals surface area contributed by atoms with E-state index in [-0.39, 0.29) is 11.9 Å². The monoisotopic (exact) mass is 301 g/mol.